The molecular formula is C17H33N3O. The molecule has 1 saturated carbocycles. The summed E-state index contributed by atoms with van der Waals surface area (Å²) in [6, 6.07) is -0.387. The molecular weight excluding hydrogens is 262 g/mol. The molecule has 4 heteroatoms. The Hall–Kier alpha value is -0.610. The molecule has 21 heavy (non-hydrogen) atoms. The van der Waals surface area contributed by atoms with Gasteiger partial charge in [-0.25, -0.2) is 0 Å². The monoisotopic (exact) mass is 295 g/mol. The molecule has 1 heterocycles. The molecule has 2 aliphatic rings. The fraction of sp³-hybridized carbons (Fsp3) is 0.941. The predicted molar refractivity (Wildman–Crippen MR) is 87.0 cm³/mol. The van der Waals surface area contributed by atoms with E-state index < -0.39 is 0 Å². The van der Waals surface area contributed by atoms with Gasteiger partial charge in [0.2, 0.25) is 5.91 Å². The molecule has 0 aromatic heterocycles. The second-order valence-electron chi connectivity index (χ2n) is 7.97. The molecule has 0 unspecified atom stereocenters. The highest BCUT2D eigenvalue weighted by molar-refractivity contribution is 5.82. The van der Waals surface area contributed by atoms with Crippen LogP contribution in [-0.4, -0.2) is 54.5 Å². The quantitative estimate of drug-likeness (QED) is 0.867. The minimum absolute atomic E-state index is 0.125. The van der Waals surface area contributed by atoms with Crippen molar-refractivity contribution >= 4 is 5.91 Å². The Morgan fingerprint density at radius 1 is 1.10 bits per heavy atom. The Morgan fingerprint density at radius 3 is 2.19 bits per heavy atom. The Balaban J connectivity index is 1.76. The van der Waals surface area contributed by atoms with E-state index >= 15 is 0 Å². The highest BCUT2D eigenvalue weighted by atomic mass is 16.2. The number of nitrogens with zero attached hydrogens (tertiary/aromatic N) is 2. The zero-order chi connectivity index (χ0) is 15.5. The van der Waals surface area contributed by atoms with Crippen molar-refractivity contribution in [2.45, 2.75) is 58.9 Å². The van der Waals surface area contributed by atoms with Gasteiger partial charge in [0.15, 0.2) is 0 Å². The third-order valence-corrected chi connectivity index (χ3v) is 5.12. The van der Waals surface area contributed by atoms with E-state index in [9.17, 15) is 4.79 Å². The lowest BCUT2D eigenvalue weighted by atomic mass is 9.86. The van der Waals surface area contributed by atoms with Gasteiger partial charge in [0.05, 0.1) is 6.04 Å². The van der Waals surface area contributed by atoms with E-state index in [2.05, 4.69) is 4.90 Å². The summed E-state index contributed by atoms with van der Waals surface area (Å²) in [5, 5.41) is 0. The maximum absolute atomic E-state index is 12.4. The number of nitrogens with two attached hydrogens (primary N) is 1. The second kappa shape index (κ2) is 7.10. The van der Waals surface area contributed by atoms with E-state index in [0.717, 1.165) is 32.1 Å². The van der Waals surface area contributed by atoms with Crippen molar-refractivity contribution in [3.05, 3.63) is 0 Å². The van der Waals surface area contributed by atoms with Crippen LogP contribution in [-0.2, 0) is 4.79 Å². The Bertz CT molecular complexity index is 336. The van der Waals surface area contributed by atoms with Gasteiger partial charge in [-0.3, -0.25) is 9.69 Å². The molecule has 2 fully saturated rings. The number of carbonyl (C=O) groups excluding carboxylic acids is 1. The van der Waals surface area contributed by atoms with E-state index in [0.29, 0.717) is 0 Å². The van der Waals surface area contributed by atoms with E-state index in [1.165, 1.54) is 38.6 Å². The molecule has 0 bridgehead atoms. The second-order valence-corrected chi connectivity index (χ2v) is 7.97. The third kappa shape index (κ3) is 4.68. The lowest BCUT2D eigenvalue weighted by molar-refractivity contribution is -0.136. The smallest absolute Gasteiger partial charge is 0.240 e. The maximum Gasteiger partial charge on any atom is 0.240 e. The molecule has 1 aliphatic heterocycles. The van der Waals surface area contributed by atoms with Crippen LogP contribution in [0.2, 0.25) is 0 Å². The van der Waals surface area contributed by atoms with E-state index in [1.54, 1.807) is 0 Å². The largest absolute Gasteiger partial charge is 0.339 e. The van der Waals surface area contributed by atoms with Crippen LogP contribution in [0, 0.1) is 11.3 Å². The minimum atomic E-state index is -0.387. The lowest BCUT2D eigenvalue weighted by Gasteiger charge is -2.39. The maximum atomic E-state index is 12.4. The van der Waals surface area contributed by atoms with Crippen molar-refractivity contribution in [3.8, 4) is 0 Å². The molecule has 1 amide bonds. The van der Waals surface area contributed by atoms with E-state index in [1.807, 2.05) is 25.7 Å². The topological polar surface area (TPSA) is 49.6 Å². The van der Waals surface area contributed by atoms with Crippen LogP contribution in [0.15, 0.2) is 0 Å². The fourth-order valence-corrected chi connectivity index (χ4v) is 3.45. The molecule has 1 saturated heterocycles. The summed E-state index contributed by atoms with van der Waals surface area (Å²) in [5.74, 6) is 1.01. The van der Waals surface area contributed by atoms with Crippen LogP contribution in [0.5, 0.6) is 0 Å². The first-order valence-electron chi connectivity index (χ1n) is 8.64. The summed E-state index contributed by atoms with van der Waals surface area (Å²) in [5.41, 5.74) is 5.95. The summed E-state index contributed by atoms with van der Waals surface area (Å²) in [6.07, 6.45) is 7.03. The summed E-state index contributed by atoms with van der Waals surface area (Å²) in [6.45, 7) is 11.1. The lowest BCUT2D eigenvalue weighted by Crippen LogP contribution is -2.56. The molecule has 0 radical (unpaired) electrons. The average Bonchev–Trinajstić information content (AvgIpc) is 2.46. The van der Waals surface area contributed by atoms with Gasteiger partial charge >= 0.3 is 0 Å². The summed E-state index contributed by atoms with van der Waals surface area (Å²) < 4.78 is 0. The summed E-state index contributed by atoms with van der Waals surface area (Å²) in [4.78, 5) is 16.9. The predicted octanol–water partition coefficient (Wildman–Crippen LogP) is 2.08. The molecule has 4 nitrogen and oxygen atoms in total. The highest BCUT2D eigenvalue weighted by Gasteiger charge is 2.32. The Kier molecular flexibility index (Phi) is 5.67. The molecule has 122 valence electrons. The zero-order valence-corrected chi connectivity index (χ0v) is 14.1. The molecule has 2 rings (SSSR count). The number of amides is 1. The van der Waals surface area contributed by atoms with Gasteiger partial charge in [-0.1, -0.05) is 40.0 Å². The Labute approximate surface area is 130 Å². The van der Waals surface area contributed by atoms with Crippen LogP contribution in [0.25, 0.3) is 0 Å². The van der Waals surface area contributed by atoms with Gasteiger partial charge in [0.25, 0.3) is 0 Å². The first-order valence-corrected chi connectivity index (χ1v) is 8.64. The van der Waals surface area contributed by atoms with Crippen molar-refractivity contribution in [2.24, 2.45) is 17.1 Å². The molecule has 0 spiro atoms. The van der Waals surface area contributed by atoms with Gasteiger partial charge in [0, 0.05) is 32.7 Å². The standard InChI is InChI=1S/C17H33N3O/c1-17(2,3)15(18)16(21)20-11-9-19(10-12-20)13-14-7-5-4-6-8-14/h14-15H,4-13,18H2,1-3H3/t15-/m1/s1. The zero-order valence-electron chi connectivity index (χ0n) is 14.1. The van der Waals surface area contributed by atoms with Crippen LogP contribution < -0.4 is 5.73 Å². The summed E-state index contributed by atoms with van der Waals surface area (Å²) in [7, 11) is 0. The first kappa shape index (κ1) is 16.8. The van der Waals surface area contributed by atoms with Gasteiger partial charge in [-0.2, -0.15) is 0 Å². The first-order chi connectivity index (χ1) is 9.88. The third-order valence-electron chi connectivity index (χ3n) is 5.12. The van der Waals surface area contributed by atoms with Gasteiger partial charge in [-0.15, -0.1) is 0 Å². The van der Waals surface area contributed by atoms with Gasteiger partial charge in [0.1, 0.15) is 0 Å². The van der Waals surface area contributed by atoms with E-state index in [-0.39, 0.29) is 17.4 Å². The number of carbonyl (C=O) groups is 1. The van der Waals surface area contributed by atoms with Gasteiger partial charge < -0.3 is 10.6 Å². The van der Waals surface area contributed by atoms with Crippen molar-refractivity contribution in [2.75, 3.05) is 32.7 Å². The van der Waals surface area contributed by atoms with Crippen molar-refractivity contribution in [1.29, 1.82) is 0 Å². The number of hydrogen-bond acceptors (Lipinski definition) is 3. The SMILES string of the molecule is CC(C)(C)[C@H](N)C(=O)N1CCN(CC2CCCCC2)CC1. The number of piperazine rings is 1. The van der Waals surface area contributed by atoms with Crippen molar-refractivity contribution in [1.82, 2.24) is 9.80 Å². The molecule has 0 aromatic carbocycles. The highest BCUT2D eigenvalue weighted by Crippen LogP contribution is 2.25. The van der Waals surface area contributed by atoms with Crippen LogP contribution in [0.4, 0.5) is 0 Å². The molecule has 1 aliphatic carbocycles. The summed E-state index contributed by atoms with van der Waals surface area (Å²) >= 11 is 0. The van der Waals surface area contributed by atoms with E-state index in [4.69, 9.17) is 5.73 Å². The average molecular weight is 295 g/mol. The number of hydrogen-bond donors (Lipinski definition) is 1. The molecule has 0 aromatic rings. The molecule has 2 N–H and O–H groups in total. The van der Waals surface area contributed by atoms with Gasteiger partial charge in [-0.05, 0) is 24.2 Å². The fourth-order valence-electron chi connectivity index (χ4n) is 3.45. The minimum Gasteiger partial charge on any atom is -0.339 e. The normalized spacial score (nSPS) is 24.1. The van der Waals surface area contributed by atoms with Crippen LogP contribution >= 0.6 is 0 Å². The van der Waals surface area contributed by atoms with Crippen molar-refractivity contribution < 1.29 is 4.79 Å². The van der Waals surface area contributed by atoms with Crippen molar-refractivity contribution in [3.63, 3.8) is 0 Å². The van der Waals surface area contributed by atoms with Crippen LogP contribution in [0.1, 0.15) is 52.9 Å². The number of rotatable bonds is 3. The Morgan fingerprint density at radius 2 is 1.67 bits per heavy atom. The van der Waals surface area contributed by atoms with Crippen LogP contribution in [0.3, 0.4) is 0 Å². The molecule has 1 atom stereocenters.